The van der Waals surface area contributed by atoms with E-state index in [0.29, 0.717) is 5.69 Å². The highest BCUT2D eigenvalue weighted by Crippen LogP contribution is 2.17. The summed E-state index contributed by atoms with van der Waals surface area (Å²) in [6.07, 6.45) is -0.968. The number of nitrogens with two attached hydrogens (primary N) is 2. The third kappa shape index (κ3) is 3.09. The van der Waals surface area contributed by atoms with Crippen LogP contribution in [0.15, 0.2) is 18.2 Å². The van der Waals surface area contributed by atoms with E-state index in [-0.39, 0.29) is 5.56 Å². The van der Waals surface area contributed by atoms with Crippen molar-refractivity contribution in [1.82, 2.24) is 0 Å². The molecule has 86 valence electrons. The molecule has 5 nitrogen and oxygen atoms in total. The van der Waals surface area contributed by atoms with Crippen molar-refractivity contribution in [1.29, 1.82) is 0 Å². The Morgan fingerprint density at radius 3 is 2.62 bits per heavy atom. The van der Waals surface area contributed by atoms with Gasteiger partial charge in [-0.15, -0.1) is 0 Å². The number of primary amides is 1. The van der Waals surface area contributed by atoms with Crippen molar-refractivity contribution in [3.05, 3.63) is 27.3 Å². The minimum Gasteiger partial charge on any atom is -0.449 e. The van der Waals surface area contributed by atoms with Gasteiger partial charge in [-0.2, -0.15) is 0 Å². The van der Waals surface area contributed by atoms with E-state index in [4.69, 9.17) is 16.2 Å². The first-order valence-electron chi connectivity index (χ1n) is 4.47. The summed E-state index contributed by atoms with van der Waals surface area (Å²) in [5.74, 6) is -1.35. The number of nitrogen functional groups attached to an aromatic ring is 1. The van der Waals surface area contributed by atoms with E-state index < -0.39 is 18.0 Å². The molecule has 1 rings (SSSR count). The van der Waals surface area contributed by atoms with E-state index in [0.717, 1.165) is 3.57 Å². The maximum absolute atomic E-state index is 11.6. The second kappa shape index (κ2) is 5.15. The van der Waals surface area contributed by atoms with E-state index in [2.05, 4.69) is 0 Å². The average Bonchev–Trinajstić information content (AvgIpc) is 2.21. The van der Waals surface area contributed by atoms with E-state index in [1.54, 1.807) is 18.2 Å². The Morgan fingerprint density at radius 1 is 1.44 bits per heavy atom. The molecule has 0 saturated carbocycles. The third-order valence-electron chi connectivity index (χ3n) is 1.92. The Balaban J connectivity index is 2.88. The Hall–Kier alpha value is -1.31. The minimum atomic E-state index is -0.968. The third-order valence-corrected chi connectivity index (χ3v) is 2.59. The summed E-state index contributed by atoms with van der Waals surface area (Å²) < 4.78 is 5.69. The zero-order chi connectivity index (χ0) is 12.3. The van der Waals surface area contributed by atoms with Gasteiger partial charge in [0.25, 0.3) is 5.91 Å². The van der Waals surface area contributed by atoms with Crippen LogP contribution in [0.5, 0.6) is 0 Å². The van der Waals surface area contributed by atoms with Gasteiger partial charge in [0.1, 0.15) is 0 Å². The SMILES string of the molecule is C[C@H](OC(=O)c1cc(I)ccc1N)C(N)=O. The highest BCUT2D eigenvalue weighted by molar-refractivity contribution is 14.1. The molecule has 0 radical (unpaired) electrons. The number of esters is 1. The van der Waals surface area contributed by atoms with Gasteiger partial charge in [0.15, 0.2) is 6.10 Å². The second-order valence-electron chi connectivity index (χ2n) is 3.18. The van der Waals surface area contributed by atoms with Gasteiger partial charge in [0.05, 0.1) is 5.56 Å². The molecule has 1 aromatic rings. The predicted molar refractivity (Wildman–Crippen MR) is 67.6 cm³/mol. The van der Waals surface area contributed by atoms with Crippen molar-refractivity contribution >= 4 is 40.2 Å². The van der Waals surface area contributed by atoms with E-state index in [1.165, 1.54) is 6.92 Å². The van der Waals surface area contributed by atoms with Crippen LogP contribution < -0.4 is 11.5 Å². The van der Waals surface area contributed by atoms with Gasteiger partial charge in [-0.3, -0.25) is 4.79 Å². The van der Waals surface area contributed by atoms with E-state index >= 15 is 0 Å². The van der Waals surface area contributed by atoms with Gasteiger partial charge in [-0.25, -0.2) is 4.79 Å². The number of benzene rings is 1. The number of hydrogen-bond donors (Lipinski definition) is 2. The van der Waals surface area contributed by atoms with Crippen molar-refractivity contribution in [2.45, 2.75) is 13.0 Å². The lowest BCUT2D eigenvalue weighted by atomic mass is 10.2. The molecule has 16 heavy (non-hydrogen) atoms. The molecule has 1 aromatic carbocycles. The van der Waals surface area contributed by atoms with Crippen LogP contribution in [0.4, 0.5) is 5.69 Å². The Bertz CT molecular complexity index is 434. The molecule has 0 heterocycles. The number of ether oxygens (including phenoxy) is 1. The van der Waals surface area contributed by atoms with E-state index in [1.807, 2.05) is 22.6 Å². The molecule has 0 aromatic heterocycles. The lowest BCUT2D eigenvalue weighted by molar-refractivity contribution is -0.125. The molecular formula is C10H11IN2O3. The maximum atomic E-state index is 11.6. The lowest BCUT2D eigenvalue weighted by Crippen LogP contribution is -2.30. The molecule has 6 heteroatoms. The van der Waals surface area contributed by atoms with Gasteiger partial charge in [-0.05, 0) is 47.7 Å². The Kier molecular flexibility index (Phi) is 4.11. The highest BCUT2D eigenvalue weighted by Gasteiger charge is 2.18. The Morgan fingerprint density at radius 2 is 2.06 bits per heavy atom. The molecule has 0 saturated heterocycles. The molecule has 0 aliphatic heterocycles. The second-order valence-corrected chi connectivity index (χ2v) is 4.43. The number of amides is 1. The van der Waals surface area contributed by atoms with Crippen LogP contribution in [0.1, 0.15) is 17.3 Å². The van der Waals surface area contributed by atoms with Gasteiger partial charge < -0.3 is 16.2 Å². The van der Waals surface area contributed by atoms with Crippen LogP contribution in [0.2, 0.25) is 0 Å². The van der Waals surface area contributed by atoms with Crippen LogP contribution in [0.25, 0.3) is 0 Å². The molecule has 1 atom stereocenters. The van der Waals surface area contributed by atoms with Gasteiger partial charge in [-0.1, -0.05) is 0 Å². The zero-order valence-corrected chi connectivity index (χ0v) is 10.7. The predicted octanol–water partition coefficient (Wildman–Crippen LogP) is 0.904. The van der Waals surface area contributed by atoms with Crippen LogP contribution in [-0.4, -0.2) is 18.0 Å². The average molecular weight is 334 g/mol. The van der Waals surface area contributed by atoms with Crippen LogP contribution in [-0.2, 0) is 9.53 Å². The smallest absolute Gasteiger partial charge is 0.341 e. The monoisotopic (exact) mass is 334 g/mol. The number of anilines is 1. The summed E-state index contributed by atoms with van der Waals surface area (Å²) in [5, 5.41) is 0. The molecule has 1 amide bonds. The van der Waals surface area contributed by atoms with Crippen molar-refractivity contribution in [3.63, 3.8) is 0 Å². The first kappa shape index (κ1) is 12.8. The lowest BCUT2D eigenvalue weighted by Gasteiger charge is -2.11. The summed E-state index contributed by atoms with van der Waals surface area (Å²) in [6, 6.07) is 4.96. The number of hydrogen-bond acceptors (Lipinski definition) is 4. The minimum absolute atomic E-state index is 0.236. The van der Waals surface area contributed by atoms with Crippen molar-refractivity contribution in [2.24, 2.45) is 5.73 Å². The standard InChI is InChI=1S/C10H11IN2O3/c1-5(9(13)14)16-10(15)7-4-6(11)2-3-8(7)12/h2-5H,12H2,1H3,(H2,13,14)/t5-/m0/s1. The van der Waals surface area contributed by atoms with Crippen LogP contribution >= 0.6 is 22.6 Å². The fraction of sp³-hybridized carbons (Fsp3) is 0.200. The number of rotatable bonds is 3. The summed E-state index contributed by atoms with van der Waals surface area (Å²) in [5.41, 5.74) is 11.1. The fourth-order valence-corrected chi connectivity index (χ4v) is 1.48. The molecular weight excluding hydrogens is 323 g/mol. The molecule has 0 bridgehead atoms. The van der Waals surface area contributed by atoms with Crippen LogP contribution in [0, 0.1) is 3.57 Å². The number of halogens is 1. The molecule has 0 aliphatic rings. The largest absolute Gasteiger partial charge is 0.449 e. The highest BCUT2D eigenvalue weighted by atomic mass is 127. The quantitative estimate of drug-likeness (QED) is 0.488. The molecule has 0 fully saturated rings. The summed E-state index contributed by atoms with van der Waals surface area (Å²) in [7, 11) is 0. The number of carbonyl (C=O) groups is 2. The summed E-state index contributed by atoms with van der Waals surface area (Å²) in [4.78, 5) is 22.3. The van der Waals surface area contributed by atoms with Crippen LogP contribution in [0.3, 0.4) is 0 Å². The molecule has 0 unspecified atom stereocenters. The van der Waals surface area contributed by atoms with Gasteiger partial charge in [0, 0.05) is 9.26 Å². The van der Waals surface area contributed by atoms with Crippen molar-refractivity contribution < 1.29 is 14.3 Å². The zero-order valence-electron chi connectivity index (χ0n) is 8.57. The van der Waals surface area contributed by atoms with E-state index in [9.17, 15) is 9.59 Å². The molecule has 0 aliphatic carbocycles. The van der Waals surface area contributed by atoms with Gasteiger partial charge >= 0.3 is 5.97 Å². The maximum Gasteiger partial charge on any atom is 0.341 e. The van der Waals surface area contributed by atoms with Gasteiger partial charge in [0.2, 0.25) is 0 Å². The Labute approximate surface area is 106 Å². The summed E-state index contributed by atoms with van der Waals surface area (Å²) >= 11 is 2.05. The first-order chi connectivity index (χ1) is 7.41. The number of carbonyl (C=O) groups excluding carboxylic acids is 2. The first-order valence-corrected chi connectivity index (χ1v) is 5.55. The summed E-state index contributed by atoms with van der Waals surface area (Å²) in [6.45, 7) is 1.41. The molecule has 4 N–H and O–H groups in total. The fourth-order valence-electron chi connectivity index (χ4n) is 0.987. The van der Waals surface area contributed by atoms with Crippen molar-refractivity contribution in [3.8, 4) is 0 Å². The molecule has 0 spiro atoms. The topological polar surface area (TPSA) is 95.4 Å². The van der Waals surface area contributed by atoms with Crippen molar-refractivity contribution in [2.75, 3.05) is 5.73 Å². The normalized spacial score (nSPS) is 11.9.